The minimum absolute atomic E-state index is 0.0387. The molecule has 0 aromatic heterocycles. The molecule has 1 unspecified atom stereocenters. The summed E-state index contributed by atoms with van der Waals surface area (Å²) in [5.41, 5.74) is 0. The summed E-state index contributed by atoms with van der Waals surface area (Å²) in [6.07, 6.45) is 4.00. The largest absolute Gasteiger partial charge is 0.453 e. The maximum absolute atomic E-state index is 10.1. The smallest absolute Gasteiger partial charge is 0.384 e. The van der Waals surface area contributed by atoms with Crippen LogP contribution in [0, 0.1) is 12.3 Å². The lowest BCUT2D eigenvalue weighted by atomic mass is 10.4. The molecular formula is C6H8O3. The van der Waals surface area contributed by atoms with Crippen molar-refractivity contribution in [2.45, 2.75) is 13.0 Å². The molecule has 0 aliphatic carbocycles. The average Bonchev–Trinajstić information content (AvgIpc) is 1.83. The highest BCUT2D eigenvalue weighted by Gasteiger charge is 1.98. The topological polar surface area (TPSA) is 46.5 Å². The summed E-state index contributed by atoms with van der Waals surface area (Å²) in [5.74, 6) is 1.01. The van der Waals surface area contributed by atoms with Gasteiger partial charge < -0.3 is 9.84 Å². The van der Waals surface area contributed by atoms with Crippen molar-refractivity contribution in [1.82, 2.24) is 0 Å². The first-order valence-corrected chi connectivity index (χ1v) is 2.48. The molecule has 0 radical (unpaired) electrons. The first-order chi connectivity index (χ1) is 4.16. The van der Waals surface area contributed by atoms with Gasteiger partial charge in [-0.25, -0.2) is 4.79 Å². The Bertz CT molecular complexity index is 132. The van der Waals surface area contributed by atoms with Crippen molar-refractivity contribution < 1.29 is 14.6 Å². The molecule has 0 heterocycles. The quantitative estimate of drug-likeness (QED) is 0.311. The van der Waals surface area contributed by atoms with Gasteiger partial charge in [0.1, 0.15) is 6.61 Å². The maximum Gasteiger partial charge on any atom is 0.384 e. The van der Waals surface area contributed by atoms with Gasteiger partial charge in [-0.1, -0.05) is 0 Å². The normalized spacial score (nSPS) is 11.7. The number of carbonyl (C=O) groups is 1. The SMILES string of the molecule is C#CC(=O)OCC(C)O. The van der Waals surface area contributed by atoms with E-state index in [0.717, 1.165) is 0 Å². The summed E-state index contributed by atoms with van der Waals surface area (Å²) in [6.45, 7) is 1.47. The Kier molecular flexibility index (Phi) is 3.49. The average molecular weight is 128 g/mol. The molecule has 0 aromatic rings. The van der Waals surface area contributed by atoms with Gasteiger partial charge in [-0.3, -0.25) is 0 Å². The van der Waals surface area contributed by atoms with Gasteiger partial charge in [0.05, 0.1) is 6.10 Å². The summed E-state index contributed by atoms with van der Waals surface area (Å²) in [7, 11) is 0. The fourth-order valence-corrected chi connectivity index (χ4v) is 0.238. The fraction of sp³-hybridized carbons (Fsp3) is 0.500. The van der Waals surface area contributed by atoms with Crippen LogP contribution < -0.4 is 0 Å². The molecule has 9 heavy (non-hydrogen) atoms. The second-order valence-corrected chi connectivity index (χ2v) is 1.59. The summed E-state index contributed by atoms with van der Waals surface area (Å²) in [4.78, 5) is 10.1. The van der Waals surface area contributed by atoms with Gasteiger partial charge in [-0.05, 0) is 6.92 Å². The molecule has 0 saturated heterocycles. The molecule has 0 aromatic carbocycles. The Labute approximate surface area is 53.6 Å². The van der Waals surface area contributed by atoms with Gasteiger partial charge in [0.25, 0.3) is 0 Å². The van der Waals surface area contributed by atoms with Gasteiger partial charge in [0.15, 0.2) is 0 Å². The van der Waals surface area contributed by atoms with E-state index in [1.807, 2.05) is 0 Å². The second kappa shape index (κ2) is 3.93. The van der Waals surface area contributed by atoms with E-state index >= 15 is 0 Å². The first-order valence-electron chi connectivity index (χ1n) is 2.48. The molecule has 0 rings (SSSR count). The molecule has 3 nitrogen and oxygen atoms in total. The van der Waals surface area contributed by atoms with Crippen LogP contribution in [-0.2, 0) is 9.53 Å². The van der Waals surface area contributed by atoms with Crippen molar-refractivity contribution in [2.24, 2.45) is 0 Å². The molecule has 0 bridgehead atoms. The zero-order valence-corrected chi connectivity index (χ0v) is 5.13. The van der Waals surface area contributed by atoms with Crippen LogP contribution in [0.2, 0.25) is 0 Å². The number of terminal acetylenes is 1. The van der Waals surface area contributed by atoms with Crippen LogP contribution in [0.25, 0.3) is 0 Å². The maximum atomic E-state index is 10.1. The summed E-state index contributed by atoms with van der Waals surface area (Å²) >= 11 is 0. The highest BCUT2D eigenvalue weighted by Crippen LogP contribution is 1.81. The summed E-state index contributed by atoms with van der Waals surface area (Å²) in [5, 5.41) is 8.55. The fourth-order valence-electron chi connectivity index (χ4n) is 0.238. The van der Waals surface area contributed by atoms with E-state index in [1.165, 1.54) is 6.92 Å². The summed E-state index contributed by atoms with van der Waals surface area (Å²) in [6, 6.07) is 0. The standard InChI is InChI=1S/C6H8O3/c1-3-6(8)9-4-5(2)7/h1,5,7H,4H2,2H3. The van der Waals surface area contributed by atoms with Gasteiger partial charge in [0.2, 0.25) is 0 Å². The van der Waals surface area contributed by atoms with E-state index in [2.05, 4.69) is 11.2 Å². The number of hydrogen-bond donors (Lipinski definition) is 1. The van der Waals surface area contributed by atoms with Crippen LogP contribution in [0.3, 0.4) is 0 Å². The van der Waals surface area contributed by atoms with Crippen molar-refractivity contribution in [3.8, 4) is 12.3 Å². The highest BCUT2D eigenvalue weighted by molar-refractivity contribution is 5.87. The van der Waals surface area contributed by atoms with E-state index in [1.54, 1.807) is 5.92 Å². The molecule has 0 amide bonds. The Balaban J connectivity index is 3.31. The Morgan fingerprint density at radius 2 is 2.56 bits per heavy atom. The molecule has 0 fully saturated rings. The number of aliphatic hydroxyl groups is 1. The van der Waals surface area contributed by atoms with Crippen molar-refractivity contribution in [3.63, 3.8) is 0 Å². The van der Waals surface area contributed by atoms with Crippen LogP contribution in [0.15, 0.2) is 0 Å². The molecule has 3 heteroatoms. The van der Waals surface area contributed by atoms with Gasteiger partial charge >= 0.3 is 5.97 Å². The number of carbonyl (C=O) groups excluding carboxylic acids is 1. The van der Waals surface area contributed by atoms with E-state index < -0.39 is 12.1 Å². The predicted octanol–water partition coefficient (Wildman–Crippen LogP) is -0.456. The van der Waals surface area contributed by atoms with Crippen LogP contribution in [0.4, 0.5) is 0 Å². The minimum atomic E-state index is -0.740. The third kappa shape index (κ3) is 4.85. The van der Waals surface area contributed by atoms with Crippen molar-refractivity contribution in [2.75, 3.05) is 6.61 Å². The third-order valence-corrected chi connectivity index (χ3v) is 0.573. The molecule has 0 spiro atoms. The molecule has 50 valence electrons. The summed E-state index contributed by atoms with van der Waals surface area (Å²) < 4.78 is 4.33. The molecule has 1 atom stereocenters. The number of hydrogen-bond acceptors (Lipinski definition) is 3. The molecule has 0 aliphatic heterocycles. The molecule has 1 N–H and O–H groups in total. The Morgan fingerprint density at radius 3 is 2.89 bits per heavy atom. The number of rotatable bonds is 2. The zero-order valence-electron chi connectivity index (χ0n) is 5.13. The van der Waals surface area contributed by atoms with E-state index in [4.69, 9.17) is 5.11 Å². The lowest BCUT2D eigenvalue weighted by Crippen LogP contribution is -2.13. The number of esters is 1. The van der Waals surface area contributed by atoms with Crippen molar-refractivity contribution in [1.29, 1.82) is 0 Å². The minimum Gasteiger partial charge on any atom is -0.453 e. The Hall–Kier alpha value is -1.01. The van der Waals surface area contributed by atoms with Crippen LogP contribution in [-0.4, -0.2) is 23.8 Å². The predicted molar refractivity (Wildman–Crippen MR) is 31.5 cm³/mol. The second-order valence-electron chi connectivity index (χ2n) is 1.59. The van der Waals surface area contributed by atoms with E-state index in [9.17, 15) is 4.79 Å². The Morgan fingerprint density at radius 1 is 2.00 bits per heavy atom. The van der Waals surface area contributed by atoms with Gasteiger partial charge in [-0.2, -0.15) is 0 Å². The van der Waals surface area contributed by atoms with Gasteiger partial charge in [-0.15, -0.1) is 6.42 Å². The van der Waals surface area contributed by atoms with Crippen LogP contribution >= 0.6 is 0 Å². The lowest BCUT2D eigenvalue weighted by Gasteiger charge is -2.01. The third-order valence-electron chi connectivity index (χ3n) is 0.573. The molecular weight excluding hydrogens is 120 g/mol. The van der Waals surface area contributed by atoms with Crippen LogP contribution in [0.5, 0.6) is 0 Å². The molecule has 0 saturated carbocycles. The number of ether oxygens (including phenoxy) is 1. The van der Waals surface area contributed by atoms with E-state index in [0.29, 0.717) is 0 Å². The molecule has 0 aliphatic rings. The monoisotopic (exact) mass is 128 g/mol. The van der Waals surface area contributed by atoms with Crippen molar-refractivity contribution in [3.05, 3.63) is 0 Å². The lowest BCUT2D eigenvalue weighted by molar-refractivity contribution is -0.139. The highest BCUT2D eigenvalue weighted by atomic mass is 16.5. The van der Waals surface area contributed by atoms with Gasteiger partial charge in [0, 0.05) is 5.92 Å². The van der Waals surface area contributed by atoms with E-state index in [-0.39, 0.29) is 6.61 Å². The number of aliphatic hydroxyl groups excluding tert-OH is 1. The van der Waals surface area contributed by atoms with Crippen molar-refractivity contribution >= 4 is 5.97 Å². The van der Waals surface area contributed by atoms with Crippen LogP contribution in [0.1, 0.15) is 6.92 Å². The first kappa shape index (κ1) is 7.99. The zero-order chi connectivity index (χ0) is 7.28.